The number of nitrogens with one attached hydrogen (secondary N) is 1. The zero-order valence-electron chi connectivity index (χ0n) is 35.3. The number of carbonyl (C=O) groups is 4. The predicted octanol–water partition coefficient (Wildman–Crippen LogP) is 6.00. The van der Waals surface area contributed by atoms with Crippen LogP contribution in [0, 0.1) is 23.7 Å². The van der Waals surface area contributed by atoms with Crippen molar-refractivity contribution >= 4 is 23.4 Å². The Morgan fingerprint density at radius 2 is 1.70 bits per heavy atom. The van der Waals surface area contributed by atoms with E-state index in [1.165, 1.54) is 12.0 Å². The average Bonchev–Trinajstić information content (AvgIpc) is 3.19. The maximum absolute atomic E-state index is 14.4. The fraction of sp³-hybridized carbons (Fsp3) is 0.773. The summed E-state index contributed by atoms with van der Waals surface area (Å²) < 4.78 is 30.4. The fourth-order valence-corrected chi connectivity index (χ4v) is 9.57. The molecule has 11 atom stereocenters. The number of ether oxygens (including phenoxy) is 5. The second-order valence-corrected chi connectivity index (χ2v) is 16.9. The minimum atomic E-state index is -2.55. The Kier molecular flexibility index (Phi) is 17.1. The van der Waals surface area contributed by atoms with Crippen molar-refractivity contribution in [1.29, 1.82) is 0 Å². The van der Waals surface area contributed by atoms with E-state index >= 15 is 0 Å². The van der Waals surface area contributed by atoms with Gasteiger partial charge in [0, 0.05) is 46.1 Å². The van der Waals surface area contributed by atoms with Crippen LogP contribution in [0.25, 0.3) is 0 Å². The Balaban J connectivity index is 1.76. The molecule has 3 aliphatic heterocycles. The van der Waals surface area contributed by atoms with Crippen LogP contribution >= 0.6 is 0 Å². The minimum absolute atomic E-state index is 0.0250. The summed E-state index contributed by atoms with van der Waals surface area (Å²) in [6.07, 6.45) is 12.7. The van der Waals surface area contributed by atoms with Gasteiger partial charge in [0.1, 0.15) is 30.1 Å². The first-order valence-electron chi connectivity index (χ1n) is 20.9. The van der Waals surface area contributed by atoms with Gasteiger partial charge in [-0.3, -0.25) is 19.7 Å². The highest BCUT2D eigenvalue weighted by molar-refractivity contribution is 6.39. The van der Waals surface area contributed by atoms with Crippen molar-refractivity contribution in [2.75, 3.05) is 34.9 Å². The molecule has 2 N–H and O–H groups in total. The van der Waals surface area contributed by atoms with Crippen molar-refractivity contribution in [2.24, 2.45) is 23.7 Å². The van der Waals surface area contributed by atoms with Crippen molar-refractivity contribution < 1.29 is 48.0 Å². The van der Waals surface area contributed by atoms with Crippen LogP contribution in [0.15, 0.2) is 36.0 Å². The predicted molar refractivity (Wildman–Crippen MR) is 213 cm³/mol. The quantitative estimate of drug-likeness (QED) is 0.170. The lowest BCUT2D eigenvalue weighted by Gasteiger charge is -2.54. The van der Waals surface area contributed by atoms with E-state index in [0.29, 0.717) is 57.8 Å². The Morgan fingerprint density at radius 1 is 0.982 bits per heavy atom. The summed E-state index contributed by atoms with van der Waals surface area (Å²) in [6, 6.07) is -1.03. The number of methoxy groups -OCH3 is 3. The molecule has 3 fully saturated rings. The first-order chi connectivity index (χ1) is 26.7. The smallest absolute Gasteiger partial charge is 0.329 e. The zero-order valence-corrected chi connectivity index (χ0v) is 35.3. The van der Waals surface area contributed by atoms with Gasteiger partial charge in [0.25, 0.3) is 11.7 Å². The number of piperidine rings is 1. The first kappa shape index (κ1) is 46.0. The van der Waals surface area contributed by atoms with Crippen LogP contribution in [0.2, 0.25) is 0 Å². The van der Waals surface area contributed by atoms with Crippen molar-refractivity contribution in [3.63, 3.8) is 0 Å². The molecule has 1 saturated carbocycles. The number of aliphatic hydroxyl groups is 1. The number of cyclic esters (lactones) is 1. The normalized spacial score (nSPS) is 38.8. The number of rotatable bonds is 8. The number of nitrogens with zero attached hydrogens (tertiary/aromatic N) is 1. The second kappa shape index (κ2) is 20.8. The maximum atomic E-state index is 14.4. The van der Waals surface area contributed by atoms with Gasteiger partial charge in [-0.25, -0.2) is 4.79 Å². The number of ketones is 2. The van der Waals surface area contributed by atoms with E-state index in [1.807, 2.05) is 19.9 Å². The van der Waals surface area contributed by atoms with E-state index in [2.05, 4.69) is 24.9 Å². The van der Waals surface area contributed by atoms with E-state index in [0.717, 1.165) is 36.8 Å². The molecule has 316 valence electrons. The number of esters is 1. The molecule has 56 heavy (non-hydrogen) atoms. The highest BCUT2D eigenvalue weighted by Crippen LogP contribution is 2.43. The molecular formula is C44H70N2O10. The number of amides is 1. The summed E-state index contributed by atoms with van der Waals surface area (Å²) in [7, 11) is 6.47. The third-order valence-corrected chi connectivity index (χ3v) is 12.8. The first-order valence-corrected chi connectivity index (χ1v) is 20.9. The highest BCUT2D eigenvalue weighted by atomic mass is 16.7. The number of fused-ring (bicyclic) bond motifs is 3. The molecule has 2 saturated heterocycles. The molecule has 2 bridgehead atoms. The van der Waals surface area contributed by atoms with Crippen LogP contribution < -0.4 is 5.32 Å². The lowest BCUT2D eigenvalue weighted by atomic mass is 9.78. The molecule has 0 spiro atoms. The third-order valence-electron chi connectivity index (χ3n) is 12.8. The summed E-state index contributed by atoms with van der Waals surface area (Å²) in [6.45, 7) is 11.8. The number of carbonyl (C=O) groups excluding carboxylic acids is 4. The van der Waals surface area contributed by atoms with E-state index in [-0.39, 0.29) is 42.6 Å². The van der Waals surface area contributed by atoms with Gasteiger partial charge in [-0.1, -0.05) is 44.1 Å². The largest absolute Gasteiger partial charge is 0.456 e. The molecule has 0 aromatic rings. The van der Waals surface area contributed by atoms with Crippen LogP contribution in [0.3, 0.4) is 0 Å². The molecule has 4 rings (SSSR count). The molecule has 3 unspecified atom stereocenters. The van der Waals surface area contributed by atoms with Crippen LogP contribution in [0.4, 0.5) is 0 Å². The molecule has 1 aliphatic carbocycles. The topological polar surface area (TPSA) is 150 Å². The summed E-state index contributed by atoms with van der Waals surface area (Å²) in [5.74, 6) is -6.08. The molecule has 0 aromatic carbocycles. The standard InChI is InChI=1S/C44H70N2O10/c1-10-15-33-23-28(2)22-29(3)24-38(53-8)43(45-6)39(54-9)26-31(5)44(51,56-43)40(48)41(49)46-21-12-11-18-35(46)42(50)55-37(20-14-19-36(33)47)30(4)25-32-16-13-17-34(27-32)52-7/h10,23,25,29,31-35,37-39,45,51H,1,11-22,24,26-27H2,2-9H3/b28-23+,30-25+/t29-,31+,32?,33?,34-,35-,37-,38-,39?,43+,44+/m0/s1. The molecule has 0 radical (unpaired) electrons. The molecule has 4 aliphatic rings. The Morgan fingerprint density at radius 3 is 2.36 bits per heavy atom. The van der Waals surface area contributed by atoms with Crippen LogP contribution in [0.5, 0.6) is 0 Å². The van der Waals surface area contributed by atoms with Gasteiger partial charge in [0.05, 0.1) is 6.10 Å². The molecule has 1 amide bonds. The van der Waals surface area contributed by atoms with Crippen LogP contribution in [-0.4, -0.2) is 110 Å². The highest BCUT2D eigenvalue weighted by Gasteiger charge is 2.62. The zero-order chi connectivity index (χ0) is 41.2. The lowest BCUT2D eigenvalue weighted by Crippen LogP contribution is -2.74. The van der Waals surface area contributed by atoms with E-state index in [4.69, 9.17) is 23.7 Å². The third kappa shape index (κ3) is 10.7. The fourth-order valence-electron chi connectivity index (χ4n) is 9.57. The average molecular weight is 787 g/mol. The molecule has 0 aromatic heterocycles. The molecule has 3 heterocycles. The lowest BCUT2D eigenvalue weighted by molar-refractivity contribution is -0.352. The van der Waals surface area contributed by atoms with Gasteiger partial charge in [0.2, 0.25) is 5.79 Å². The number of hydrogen-bond donors (Lipinski definition) is 2. The van der Waals surface area contributed by atoms with Crippen molar-refractivity contribution in [3.05, 3.63) is 36.0 Å². The minimum Gasteiger partial charge on any atom is -0.456 e. The van der Waals surface area contributed by atoms with Crippen LogP contribution in [0.1, 0.15) is 118 Å². The molecular weight excluding hydrogens is 716 g/mol. The van der Waals surface area contributed by atoms with Gasteiger partial charge in [0.15, 0.2) is 5.72 Å². The Hall–Kier alpha value is -2.74. The summed E-state index contributed by atoms with van der Waals surface area (Å²) in [5, 5.41) is 15.4. The van der Waals surface area contributed by atoms with E-state index in [1.54, 1.807) is 34.3 Å². The van der Waals surface area contributed by atoms with Crippen molar-refractivity contribution in [3.8, 4) is 0 Å². The number of hydrogen-bond acceptors (Lipinski definition) is 11. The Bertz CT molecular complexity index is 1450. The van der Waals surface area contributed by atoms with Gasteiger partial charge in [-0.15, -0.1) is 6.58 Å². The van der Waals surface area contributed by atoms with Gasteiger partial charge < -0.3 is 33.7 Å². The van der Waals surface area contributed by atoms with Gasteiger partial charge in [-0.05, 0) is 115 Å². The summed E-state index contributed by atoms with van der Waals surface area (Å²) >= 11 is 0. The maximum Gasteiger partial charge on any atom is 0.329 e. The summed E-state index contributed by atoms with van der Waals surface area (Å²) in [4.78, 5) is 57.9. The van der Waals surface area contributed by atoms with Gasteiger partial charge in [-0.2, -0.15) is 0 Å². The van der Waals surface area contributed by atoms with Crippen molar-refractivity contribution in [1.82, 2.24) is 10.2 Å². The monoisotopic (exact) mass is 787 g/mol. The number of Topliss-reactive ketones (excluding diaryl/α,β-unsaturated/α-hetero) is 2. The van der Waals surface area contributed by atoms with E-state index in [9.17, 15) is 24.3 Å². The van der Waals surface area contributed by atoms with Crippen molar-refractivity contribution in [2.45, 2.75) is 160 Å². The van der Waals surface area contributed by atoms with Crippen LogP contribution in [-0.2, 0) is 42.9 Å². The molecule has 12 nitrogen and oxygen atoms in total. The number of likely N-dealkylation sites (N-methyl/N-ethyl adjacent to an activating group) is 1. The second-order valence-electron chi connectivity index (χ2n) is 16.9. The Labute approximate surface area is 335 Å². The number of allylic oxidation sites excluding steroid dienone is 4. The van der Waals surface area contributed by atoms with E-state index < -0.39 is 59.4 Å². The van der Waals surface area contributed by atoms with Gasteiger partial charge >= 0.3 is 5.97 Å². The molecule has 12 heteroatoms. The summed E-state index contributed by atoms with van der Waals surface area (Å²) in [5.41, 5.74) is 0.413. The SMILES string of the molecule is C=CCC1/C=C(\C)C[C@H](C)C[C@H](OC)[C@@]2(NC)O[C@@](O)(C(=O)C(=O)N3CCCC[C@H]3C(=O)O[C@H](/C(C)=C/C3CCC[C@H](OC)C3)CCCC1=O)[C@H](C)CC2OC.